The van der Waals surface area contributed by atoms with Gasteiger partial charge in [-0.05, 0) is 38.0 Å². The van der Waals surface area contributed by atoms with Crippen molar-refractivity contribution in [1.82, 2.24) is 9.88 Å². The number of likely N-dealkylation sites (tertiary alicyclic amines) is 1. The molecule has 1 amide bonds. The van der Waals surface area contributed by atoms with Crippen LogP contribution in [0.15, 0.2) is 24.4 Å². The van der Waals surface area contributed by atoms with E-state index in [-0.39, 0.29) is 12.0 Å². The summed E-state index contributed by atoms with van der Waals surface area (Å²) in [4.78, 5) is 17.7. The van der Waals surface area contributed by atoms with E-state index in [4.69, 9.17) is 10.5 Å². The van der Waals surface area contributed by atoms with Crippen LogP contribution in [0.4, 0.5) is 5.69 Å². The average Bonchev–Trinajstić information content (AvgIpc) is 2.90. The number of piperidine rings is 1. The summed E-state index contributed by atoms with van der Waals surface area (Å²) < 4.78 is 5.67. The van der Waals surface area contributed by atoms with Crippen molar-refractivity contribution in [1.29, 1.82) is 0 Å². The van der Waals surface area contributed by atoms with Crippen LogP contribution in [0.2, 0.25) is 0 Å². The number of nitrogens with one attached hydrogen (secondary N) is 1. The Labute approximate surface area is 124 Å². The second-order valence-corrected chi connectivity index (χ2v) is 5.48. The first kappa shape index (κ1) is 13.9. The van der Waals surface area contributed by atoms with Crippen molar-refractivity contribution in [3.63, 3.8) is 0 Å². The number of hydrogen-bond donors (Lipinski definition) is 2. The lowest BCUT2D eigenvalue weighted by Crippen LogP contribution is -2.43. The summed E-state index contributed by atoms with van der Waals surface area (Å²) in [6.45, 7) is 4.16. The second kappa shape index (κ2) is 5.77. The average molecular weight is 287 g/mol. The summed E-state index contributed by atoms with van der Waals surface area (Å²) in [5.41, 5.74) is 8.07. The number of nitrogen functional groups attached to an aromatic ring is 1. The van der Waals surface area contributed by atoms with Crippen LogP contribution in [-0.2, 0) is 4.74 Å². The number of carbonyl (C=O) groups excluding carboxylic acids is 1. The Bertz CT molecular complexity index is 648. The molecule has 0 aliphatic carbocycles. The summed E-state index contributed by atoms with van der Waals surface area (Å²) in [6, 6.07) is 5.58. The molecule has 5 nitrogen and oxygen atoms in total. The quantitative estimate of drug-likeness (QED) is 0.851. The number of amides is 1. The van der Waals surface area contributed by atoms with Gasteiger partial charge in [-0.3, -0.25) is 4.79 Å². The molecule has 0 spiro atoms. The summed E-state index contributed by atoms with van der Waals surface area (Å²) >= 11 is 0. The predicted molar refractivity (Wildman–Crippen MR) is 83.3 cm³/mol. The smallest absolute Gasteiger partial charge is 0.256 e. The summed E-state index contributed by atoms with van der Waals surface area (Å²) in [6.07, 6.45) is 3.96. The SMILES string of the molecule is CCOC1CCCN(C(=O)c2c[nH]c3cc(N)ccc23)C1. The molecule has 1 aliphatic rings. The third-order valence-corrected chi connectivity index (χ3v) is 4.00. The fraction of sp³-hybridized carbons (Fsp3) is 0.438. The van der Waals surface area contributed by atoms with E-state index in [0.29, 0.717) is 24.4 Å². The zero-order chi connectivity index (χ0) is 14.8. The first-order valence-electron chi connectivity index (χ1n) is 7.46. The van der Waals surface area contributed by atoms with Crippen LogP contribution in [0.3, 0.4) is 0 Å². The number of rotatable bonds is 3. The highest BCUT2D eigenvalue weighted by atomic mass is 16.5. The third-order valence-electron chi connectivity index (χ3n) is 4.00. The maximum absolute atomic E-state index is 12.7. The number of aromatic amines is 1. The lowest BCUT2D eigenvalue weighted by atomic mass is 10.1. The van der Waals surface area contributed by atoms with Crippen LogP contribution >= 0.6 is 0 Å². The molecule has 1 aromatic heterocycles. The Kier molecular flexibility index (Phi) is 3.84. The van der Waals surface area contributed by atoms with Crippen molar-refractivity contribution < 1.29 is 9.53 Å². The minimum absolute atomic E-state index is 0.0652. The molecule has 1 unspecified atom stereocenters. The largest absolute Gasteiger partial charge is 0.399 e. The van der Waals surface area contributed by atoms with Crippen LogP contribution in [-0.4, -0.2) is 41.6 Å². The molecule has 3 N–H and O–H groups in total. The van der Waals surface area contributed by atoms with E-state index in [1.807, 2.05) is 30.0 Å². The molecule has 0 radical (unpaired) electrons. The van der Waals surface area contributed by atoms with Crippen molar-refractivity contribution in [2.24, 2.45) is 0 Å². The third kappa shape index (κ3) is 2.74. The molecule has 1 aromatic carbocycles. The zero-order valence-corrected chi connectivity index (χ0v) is 12.3. The van der Waals surface area contributed by atoms with Crippen LogP contribution in [0.25, 0.3) is 10.9 Å². The maximum Gasteiger partial charge on any atom is 0.256 e. The van der Waals surface area contributed by atoms with Gasteiger partial charge in [0.2, 0.25) is 0 Å². The van der Waals surface area contributed by atoms with E-state index >= 15 is 0 Å². The van der Waals surface area contributed by atoms with E-state index in [1.54, 1.807) is 6.20 Å². The standard InChI is InChI=1S/C16H21N3O2/c1-2-21-12-4-3-7-19(10-12)16(20)14-9-18-15-8-11(17)5-6-13(14)15/h5-6,8-9,12,18H,2-4,7,10,17H2,1H3. The van der Waals surface area contributed by atoms with Crippen molar-refractivity contribution in [3.8, 4) is 0 Å². The first-order chi connectivity index (χ1) is 10.2. The minimum Gasteiger partial charge on any atom is -0.399 e. The Morgan fingerprint density at radius 1 is 1.52 bits per heavy atom. The molecule has 0 bridgehead atoms. The number of nitrogens with zero attached hydrogens (tertiary/aromatic N) is 1. The van der Waals surface area contributed by atoms with Gasteiger partial charge in [-0.2, -0.15) is 0 Å². The molecule has 1 fully saturated rings. The molecule has 1 saturated heterocycles. The Morgan fingerprint density at radius 2 is 2.38 bits per heavy atom. The zero-order valence-electron chi connectivity index (χ0n) is 12.3. The molecule has 3 rings (SSSR count). The van der Waals surface area contributed by atoms with Crippen LogP contribution in [0.1, 0.15) is 30.1 Å². The fourth-order valence-electron chi connectivity index (χ4n) is 2.99. The van der Waals surface area contributed by atoms with Crippen molar-refractivity contribution in [2.45, 2.75) is 25.9 Å². The van der Waals surface area contributed by atoms with Crippen molar-refractivity contribution in [2.75, 3.05) is 25.4 Å². The monoisotopic (exact) mass is 287 g/mol. The summed E-state index contributed by atoms with van der Waals surface area (Å²) in [5.74, 6) is 0.0652. The lowest BCUT2D eigenvalue weighted by Gasteiger charge is -2.32. The summed E-state index contributed by atoms with van der Waals surface area (Å²) in [7, 11) is 0. The molecule has 2 heterocycles. The van der Waals surface area contributed by atoms with E-state index in [9.17, 15) is 4.79 Å². The number of H-pyrrole nitrogens is 1. The number of ether oxygens (including phenoxy) is 1. The minimum atomic E-state index is 0.0652. The first-order valence-corrected chi connectivity index (χ1v) is 7.46. The van der Waals surface area contributed by atoms with Gasteiger partial charge >= 0.3 is 0 Å². The number of anilines is 1. The molecule has 2 aromatic rings. The van der Waals surface area contributed by atoms with Gasteiger partial charge in [-0.1, -0.05) is 0 Å². The van der Waals surface area contributed by atoms with Gasteiger partial charge in [0.1, 0.15) is 0 Å². The molecule has 21 heavy (non-hydrogen) atoms. The molecule has 0 saturated carbocycles. The molecule has 1 atom stereocenters. The Morgan fingerprint density at radius 3 is 3.19 bits per heavy atom. The Hall–Kier alpha value is -2.01. The van der Waals surface area contributed by atoms with E-state index in [1.165, 1.54) is 0 Å². The highest BCUT2D eigenvalue weighted by Gasteiger charge is 2.26. The van der Waals surface area contributed by atoms with Gasteiger partial charge in [0, 0.05) is 42.5 Å². The van der Waals surface area contributed by atoms with E-state index < -0.39 is 0 Å². The molecule has 5 heteroatoms. The van der Waals surface area contributed by atoms with Gasteiger partial charge in [0.25, 0.3) is 5.91 Å². The normalized spacial score (nSPS) is 19.1. The topological polar surface area (TPSA) is 71.3 Å². The van der Waals surface area contributed by atoms with Crippen LogP contribution in [0.5, 0.6) is 0 Å². The fourth-order valence-corrected chi connectivity index (χ4v) is 2.99. The Balaban J connectivity index is 1.83. The van der Waals surface area contributed by atoms with Crippen molar-refractivity contribution in [3.05, 3.63) is 30.0 Å². The van der Waals surface area contributed by atoms with E-state index in [0.717, 1.165) is 30.3 Å². The lowest BCUT2D eigenvalue weighted by molar-refractivity contribution is 0.00731. The highest BCUT2D eigenvalue weighted by molar-refractivity contribution is 6.07. The number of fused-ring (bicyclic) bond motifs is 1. The number of nitrogens with two attached hydrogens (primary N) is 1. The van der Waals surface area contributed by atoms with E-state index in [2.05, 4.69) is 4.98 Å². The second-order valence-electron chi connectivity index (χ2n) is 5.48. The van der Waals surface area contributed by atoms with Crippen molar-refractivity contribution >= 4 is 22.5 Å². The number of aromatic nitrogens is 1. The molecular formula is C16H21N3O2. The molecule has 1 aliphatic heterocycles. The highest BCUT2D eigenvalue weighted by Crippen LogP contribution is 2.23. The molecular weight excluding hydrogens is 266 g/mol. The van der Waals surface area contributed by atoms with Crippen LogP contribution in [0, 0.1) is 0 Å². The van der Waals surface area contributed by atoms with Gasteiger partial charge in [0.15, 0.2) is 0 Å². The van der Waals surface area contributed by atoms with Gasteiger partial charge in [-0.25, -0.2) is 0 Å². The molecule has 112 valence electrons. The predicted octanol–water partition coefficient (Wildman–Crippen LogP) is 2.39. The number of hydrogen-bond acceptors (Lipinski definition) is 3. The van der Waals surface area contributed by atoms with Crippen LogP contribution < -0.4 is 5.73 Å². The number of benzene rings is 1. The summed E-state index contributed by atoms with van der Waals surface area (Å²) in [5, 5.41) is 0.924. The van der Waals surface area contributed by atoms with Gasteiger partial charge in [0.05, 0.1) is 11.7 Å². The van der Waals surface area contributed by atoms with Gasteiger partial charge < -0.3 is 20.4 Å². The van der Waals surface area contributed by atoms with Gasteiger partial charge in [-0.15, -0.1) is 0 Å². The maximum atomic E-state index is 12.7. The number of carbonyl (C=O) groups is 1.